The van der Waals surface area contributed by atoms with Crippen LogP contribution < -0.4 is 5.32 Å². The summed E-state index contributed by atoms with van der Waals surface area (Å²) in [5, 5.41) is 13.7. The van der Waals surface area contributed by atoms with Gasteiger partial charge in [-0.2, -0.15) is 0 Å². The van der Waals surface area contributed by atoms with Gasteiger partial charge in [-0.25, -0.2) is 0 Å². The van der Waals surface area contributed by atoms with Crippen LogP contribution in [0.4, 0.5) is 0 Å². The minimum atomic E-state index is 0.149. The molecule has 4 heteroatoms. The van der Waals surface area contributed by atoms with Crippen molar-refractivity contribution in [1.82, 2.24) is 10.3 Å². The maximum absolute atomic E-state index is 12.1. The summed E-state index contributed by atoms with van der Waals surface area (Å²) in [5.41, 5.74) is 2.14. The van der Waals surface area contributed by atoms with E-state index in [1.165, 1.54) is 83.5 Å². The van der Waals surface area contributed by atoms with Crippen LogP contribution in [0.25, 0.3) is 10.9 Å². The van der Waals surface area contributed by atoms with E-state index < -0.39 is 0 Å². The number of H-pyrrole nitrogens is 1. The zero-order chi connectivity index (χ0) is 24.3. The van der Waals surface area contributed by atoms with E-state index in [4.69, 9.17) is 0 Å². The first kappa shape index (κ1) is 28.0. The number of hydrogen-bond donors (Lipinski definition) is 3. The highest BCUT2D eigenvalue weighted by atomic mass is 16.3. The van der Waals surface area contributed by atoms with Crippen molar-refractivity contribution in [3.63, 3.8) is 0 Å². The summed E-state index contributed by atoms with van der Waals surface area (Å²) in [6, 6.07) is 5.33. The van der Waals surface area contributed by atoms with E-state index >= 15 is 0 Å². The van der Waals surface area contributed by atoms with Crippen molar-refractivity contribution in [1.29, 1.82) is 0 Å². The first-order valence-electron chi connectivity index (χ1n) is 13.9. The fourth-order valence-corrected chi connectivity index (χ4v) is 4.51. The molecule has 2 aromatic rings. The van der Waals surface area contributed by atoms with Crippen LogP contribution in [0.15, 0.2) is 36.5 Å². The fraction of sp³-hybridized carbons (Fsp3) is 0.633. The van der Waals surface area contributed by atoms with Gasteiger partial charge in [0.15, 0.2) is 0 Å². The molecule has 0 aliphatic carbocycles. The van der Waals surface area contributed by atoms with E-state index in [0.717, 1.165) is 35.7 Å². The van der Waals surface area contributed by atoms with Crippen molar-refractivity contribution in [3.05, 3.63) is 42.1 Å². The fourth-order valence-electron chi connectivity index (χ4n) is 4.51. The zero-order valence-electron chi connectivity index (χ0n) is 21.5. The molecule has 0 aliphatic heterocycles. The number of aromatic nitrogens is 1. The average molecular weight is 469 g/mol. The highest BCUT2D eigenvalue weighted by Crippen LogP contribution is 2.23. The smallest absolute Gasteiger partial charge is 0.220 e. The molecule has 1 amide bonds. The number of hydrogen-bond acceptors (Lipinski definition) is 2. The van der Waals surface area contributed by atoms with Gasteiger partial charge in [0.25, 0.3) is 0 Å². The predicted molar refractivity (Wildman–Crippen MR) is 145 cm³/mol. The van der Waals surface area contributed by atoms with Crippen LogP contribution in [0.2, 0.25) is 0 Å². The number of benzene rings is 1. The normalized spacial score (nSPS) is 11.6. The van der Waals surface area contributed by atoms with Crippen LogP contribution >= 0.6 is 0 Å². The number of phenols is 1. The highest BCUT2D eigenvalue weighted by molar-refractivity contribution is 5.84. The quantitative estimate of drug-likeness (QED) is 0.135. The third-order valence-corrected chi connectivity index (χ3v) is 6.63. The molecule has 0 spiro atoms. The van der Waals surface area contributed by atoms with E-state index in [-0.39, 0.29) is 11.7 Å². The third-order valence-electron chi connectivity index (χ3n) is 6.63. The van der Waals surface area contributed by atoms with Gasteiger partial charge in [-0.15, -0.1) is 0 Å². The Hall–Kier alpha value is -2.23. The Kier molecular flexibility index (Phi) is 14.9. The van der Waals surface area contributed by atoms with Gasteiger partial charge in [-0.1, -0.05) is 83.3 Å². The Bertz CT molecular complexity index is 824. The Morgan fingerprint density at radius 2 is 1.50 bits per heavy atom. The van der Waals surface area contributed by atoms with Gasteiger partial charge in [0, 0.05) is 30.1 Å². The van der Waals surface area contributed by atoms with E-state index in [1.54, 1.807) is 12.1 Å². The summed E-state index contributed by atoms with van der Waals surface area (Å²) in [5.74, 6) is 0.420. The number of aromatic hydroxyl groups is 1. The number of rotatable bonds is 20. The molecular formula is C30H48N2O2. The van der Waals surface area contributed by atoms with Crippen molar-refractivity contribution >= 4 is 16.8 Å². The number of nitrogens with one attached hydrogen (secondary N) is 2. The minimum absolute atomic E-state index is 0.149. The van der Waals surface area contributed by atoms with Gasteiger partial charge in [-0.3, -0.25) is 4.79 Å². The molecule has 1 heterocycles. The Labute approximate surface area is 207 Å². The molecule has 1 aromatic heterocycles. The van der Waals surface area contributed by atoms with Gasteiger partial charge in [-0.05, 0) is 62.3 Å². The molecule has 0 unspecified atom stereocenters. The molecule has 0 saturated carbocycles. The number of allylic oxidation sites excluding steroid dienone is 2. The first-order chi connectivity index (χ1) is 16.7. The predicted octanol–water partition coefficient (Wildman–Crippen LogP) is 8.35. The standard InChI is InChI=1S/C30H48N2O2/c1-2-3-4-5-6-7-8-9-10-11-12-13-14-15-16-17-18-19-30(34)31-23-22-26-25-32-29-21-20-27(33)24-28(26)29/h9-10,20-21,24-25,32-33H,2-8,11-19,22-23H2,1H3,(H,31,34)/b10-9-. The zero-order valence-corrected chi connectivity index (χ0v) is 21.5. The van der Waals surface area contributed by atoms with Crippen molar-refractivity contribution in [2.75, 3.05) is 6.54 Å². The molecule has 4 nitrogen and oxygen atoms in total. The van der Waals surface area contributed by atoms with Crippen LogP contribution in [-0.2, 0) is 11.2 Å². The number of carbonyl (C=O) groups is 1. The lowest BCUT2D eigenvalue weighted by molar-refractivity contribution is -0.121. The van der Waals surface area contributed by atoms with Gasteiger partial charge >= 0.3 is 0 Å². The molecular weight excluding hydrogens is 420 g/mol. The van der Waals surface area contributed by atoms with E-state index in [1.807, 2.05) is 12.3 Å². The minimum Gasteiger partial charge on any atom is -0.508 e. The summed E-state index contributed by atoms with van der Waals surface area (Å²) in [7, 11) is 0. The largest absolute Gasteiger partial charge is 0.508 e. The number of aromatic amines is 1. The second-order valence-electron chi connectivity index (χ2n) is 9.69. The second kappa shape index (κ2) is 18.1. The third kappa shape index (κ3) is 12.3. The van der Waals surface area contributed by atoms with Gasteiger partial charge in [0.05, 0.1) is 0 Å². The number of carbonyl (C=O) groups excluding carboxylic acids is 1. The van der Waals surface area contributed by atoms with Crippen molar-refractivity contribution in [3.8, 4) is 5.75 Å². The van der Waals surface area contributed by atoms with Gasteiger partial charge in [0.2, 0.25) is 5.91 Å². The van der Waals surface area contributed by atoms with Crippen LogP contribution in [-0.4, -0.2) is 22.5 Å². The Balaban J connectivity index is 1.36. The molecule has 0 radical (unpaired) electrons. The van der Waals surface area contributed by atoms with Crippen LogP contribution in [0.1, 0.15) is 115 Å². The van der Waals surface area contributed by atoms with E-state index in [2.05, 4.69) is 29.4 Å². The molecule has 0 aliphatic rings. The molecule has 2 rings (SSSR count). The second-order valence-corrected chi connectivity index (χ2v) is 9.69. The average Bonchev–Trinajstić information content (AvgIpc) is 3.23. The summed E-state index contributed by atoms with van der Waals surface area (Å²) in [6.07, 6.45) is 27.5. The molecule has 0 fully saturated rings. The lowest BCUT2D eigenvalue weighted by atomic mass is 10.1. The van der Waals surface area contributed by atoms with Crippen LogP contribution in [0, 0.1) is 0 Å². The lowest BCUT2D eigenvalue weighted by Crippen LogP contribution is -2.25. The summed E-state index contributed by atoms with van der Waals surface area (Å²) < 4.78 is 0. The molecule has 0 saturated heterocycles. The van der Waals surface area contributed by atoms with Crippen LogP contribution in [0.3, 0.4) is 0 Å². The SMILES string of the molecule is CCCCCCCC/C=C\CCCCCCCCCC(=O)NCCc1c[nH]c2ccc(O)cc12. The van der Waals surface area contributed by atoms with Crippen molar-refractivity contribution in [2.45, 2.75) is 116 Å². The molecule has 1 aromatic carbocycles. The van der Waals surface area contributed by atoms with Gasteiger partial charge < -0.3 is 15.4 Å². The van der Waals surface area contributed by atoms with Gasteiger partial charge in [0.1, 0.15) is 5.75 Å². The molecule has 34 heavy (non-hydrogen) atoms. The van der Waals surface area contributed by atoms with E-state index in [0.29, 0.717) is 13.0 Å². The number of amides is 1. The summed E-state index contributed by atoms with van der Waals surface area (Å²) >= 11 is 0. The maximum Gasteiger partial charge on any atom is 0.220 e. The Morgan fingerprint density at radius 1 is 0.882 bits per heavy atom. The van der Waals surface area contributed by atoms with Crippen molar-refractivity contribution < 1.29 is 9.90 Å². The lowest BCUT2D eigenvalue weighted by Gasteiger charge is -2.05. The topological polar surface area (TPSA) is 65.1 Å². The van der Waals surface area contributed by atoms with E-state index in [9.17, 15) is 9.90 Å². The number of phenolic OH excluding ortho intramolecular Hbond substituents is 1. The van der Waals surface area contributed by atoms with Crippen molar-refractivity contribution in [2.24, 2.45) is 0 Å². The summed E-state index contributed by atoms with van der Waals surface area (Å²) in [4.78, 5) is 15.3. The molecule has 0 atom stereocenters. The number of fused-ring (bicyclic) bond motifs is 1. The van der Waals surface area contributed by atoms with Crippen LogP contribution in [0.5, 0.6) is 5.75 Å². The molecule has 190 valence electrons. The highest BCUT2D eigenvalue weighted by Gasteiger charge is 2.06. The molecule has 0 bridgehead atoms. The summed E-state index contributed by atoms with van der Waals surface area (Å²) in [6.45, 7) is 2.91. The monoisotopic (exact) mass is 468 g/mol. The molecule has 3 N–H and O–H groups in total. The number of unbranched alkanes of at least 4 members (excludes halogenated alkanes) is 13. The first-order valence-corrected chi connectivity index (χ1v) is 13.9. The maximum atomic E-state index is 12.1. The Morgan fingerprint density at radius 3 is 2.18 bits per heavy atom.